The Kier molecular flexibility index (Phi) is 5.95. The van der Waals surface area contributed by atoms with Gasteiger partial charge in [0.25, 0.3) is 0 Å². The Labute approximate surface area is 171 Å². The minimum atomic E-state index is -3.81. The Morgan fingerprint density at radius 2 is 1.66 bits per heavy atom. The minimum Gasteiger partial charge on any atom is -0.497 e. The van der Waals surface area contributed by atoms with Crippen LogP contribution < -0.4 is 14.2 Å². The molecule has 1 aromatic heterocycles. The summed E-state index contributed by atoms with van der Waals surface area (Å²) < 4.78 is 41.7. The topological polar surface area (TPSA) is 82.4 Å². The van der Waals surface area contributed by atoms with Gasteiger partial charge in [-0.15, -0.1) is 0 Å². The van der Waals surface area contributed by atoms with Crippen molar-refractivity contribution < 1.29 is 17.9 Å². The first-order valence-electron chi connectivity index (χ1n) is 9.05. The highest BCUT2D eigenvalue weighted by Crippen LogP contribution is 2.30. The molecule has 1 heterocycles. The third-order valence-corrected chi connectivity index (χ3v) is 6.31. The second kappa shape index (κ2) is 8.26. The summed E-state index contributed by atoms with van der Waals surface area (Å²) in [4.78, 5) is 4.57. The predicted octanol–water partition coefficient (Wildman–Crippen LogP) is 3.12. The van der Waals surface area contributed by atoms with Gasteiger partial charge < -0.3 is 14.0 Å². The van der Waals surface area contributed by atoms with Crippen molar-refractivity contribution in [2.24, 2.45) is 7.05 Å². The maximum absolute atomic E-state index is 13.2. The number of aryl methyl sites for hydroxylation is 3. The van der Waals surface area contributed by atoms with Crippen molar-refractivity contribution in [2.75, 3.05) is 14.2 Å². The van der Waals surface area contributed by atoms with Crippen molar-refractivity contribution in [3.8, 4) is 11.5 Å². The van der Waals surface area contributed by atoms with Crippen LogP contribution in [-0.2, 0) is 17.1 Å². The molecule has 0 bridgehead atoms. The maximum atomic E-state index is 13.2. The Balaban J connectivity index is 2.10. The summed E-state index contributed by atoms with van der Waals surface area (Å²) in [6.45, 7) is 3.83. The number of hydrogen-bond acceptors (Lipinski definition) is 5. The molecule has 0 radical (unpaired) electrons. The fourth-order valence-electron chi connectivity index (χ4n) is 3.03. The van der Waals surface area contributed by atoms with E-state index in [1.807, 2.05) is 20.9 Å². The molecule has 0 aliphatic carbocycles. The van der Waals surface area contributed by atoms with Crippen LogP contribution in [0, 0.1) is 13.8 Å². The van der Waals surface area contributed by atoms with Crippen LogP contribution >= 0.6 is 0 Å². The zero-order valence-electron chi connectivity index (χ0n) is 17.1. The first kappa shape index (κ1) is 20.9. The summed E-state index contributed by atoms with van der Waals surface area (Å²) >= 11 is 0. The van der Waals surface area contributed by atoms with E-state index >= 15 is 0 Å². The number of aromatic nitrogens is 2. The number of benzene rings is 2. The van der Waals surface area contributed by atoms with E-state index in [9.17, 15) is 8.42 Å². The van der Waals surface area contributed by atoms with Gasteiger partial charge in [-0.05, 0) is 54.8 Å². The van der Waals surface area contributed by atoms with E-state index in [-0.39, 0.29) is 4.90 Å². The van der Waals surface area contributed by atoms with Crippen molar-refractivity contribution >= 4 is 10.0 Å². The molecule has 0 aliphatic heterocycles. The lowest BCUT2D eigenvalue weighted by molar-refractivity contribution is 0.392. The molecule has 1 atom stereocenters. The van der Waals surface area contributed by atoms with Crippen LogP contribution in [0.1, 0.15) is 28.6 Å². The van der Waals surface area contributed by atoms with Gasteiger partial charge in [-0.1, -0.05) is 6.07 Å². The van der Waals surface area contributed by atoms with Crippen molar-refractivity contribution in [3.05, 3.63) is 71.3 Å². The van der Waals surface area contributed by atoms with Crippen LogP contribution in [0.3, 0.4) is 0 Å². The standard InChI is InChI=1S/C21H25N3O4S/c1-14-6-7-19(10-15(14)2)29(25,26)23-20(21-22-8-9-24(21)3)16-11-17(27-4)13-18(12-16)28-5/h6-13,20,23H,1-5H3. The number of nitrogens with one attached hydrogen (secondary N) is 1. The first-order valence-corrected chi connectivity index (χ1v) is 10.5. The zero-order valence-corrected chi connectivity index (χ0v) is 17.9. The summed E-state index contributed by atoms with van der Waals surface area (Å²) in [6.07, 6.45) is 3.40. The zero-order chi connectivity index (χ0) is 21.2. The SMILES string of the molecule is COc1cc(OC)cc(C(NS(=O)(=O)c2ccc(C)c(C)c2)c2nccn2C)c1. The quantitative estimate of drug-likeness (QED) is 0.641. The largest absolute Gasteiger partial charge is 0.497 e. The molecule has 7 nitrogen and oxygen atoms in total. The number of rotatable bonds is 7. The molecule has 2 aromatic carbocycles. The number of sulfonamides is 1. The fraction of sp³-hybridized carbons (Fsp3) is 0.286. The van der Waals surface area contributed by atoms with Crippen molar-refractivity contribution in [1.29, 1.82) is 0 Å². The van der Waals surface area contributed by atoms with E-state index in [0.29, 0.717) is 22.9 Å². The molecule has 0 fully saturated rings. The summed E-state index contributed by atoms with van der Waals surface area (Å²) in [5.41, 5.74) is 2.59. The summed E-state index contributed by atoms with van der Waals surface area (Å²) in [5, 5.41) is 0. The van der Waals surface area contributed by atoms with Crippen LogP contribution in [0.25, 0.3) is 0 Å². The molecule has 0 saturated carbocycles. The summed E-state index contributed by atoms with van der Waals surface area (Å²) in [6, 6.07) is 9.61. The highest BCUT2D eigenvalue weighted by molar-refractivity contribution is 7.89. The molecule has 0 amide bonds. The Hall–Kier alpha value is -2.84. The summed E-state index contributed by atoms with van der Waals surface area (Å²) in [7, 11) is 1.10. The van der Waals surface area contributed by atoms with Gasteiger partial charge in [0, 0.05) is 25.5 Å². The first-order chi connectivity index (χ1) is 13.7. The van der Waals surface area contributed by atoms with E-state index < -0.39 is 16.1 Å². The van der Waals surface area contributed by atoms with Crippen molar-refractivity contribution in [1.82, 2.24) is 14.3 Å². The van der Waals surface area contributed by atoms with Crippen LogP contribution in [0.15, 0.2) is 53.7 Å². The van der Waals surface area contributed by atoms with Gasteiger partial charge in [0.2, 0.25) is 10.0 Å². The Morgan fingerprint density at radius 1 is 1.00 bits per heavy atom. The second-order valence-electron chi connectivity index (χ2n) is 6.84. The normalized spacial score (nSPS) is 12.6. The van der Waals surface area contributed by atoms with Gasteiger partial charge in [-0.3, -0.25) is 0 Å². The molecule has 154 valence electrons. The van der Waals surface area contributed by atoms with Gasteiger partial charge in [-0.25, -0.2) is 13.4 Å². The molecule has 0 aliphatic rings. The van der Waals surface area contributed by atoms with E-state index in [1.54, 1.807) is 67.6 Å². The third-order valence-electron chi connectivity index (χ3n) is 4.89. The predicted molar refractivity (Wildman–Crippen MR) is 111 cm³/mol. The van der Waals surface area contributed by atoms with Gasteiger partial charge in [0.1, 0.15) is 23.4 Å². The lowest BCUT2D eigenvalue weighted by atomic mass is 10.1. The molecule has 3 aromatic rings. The van der Waals surface area contributed by atoms with Crippen molar-refractivity contribution in [2.45, 2.75) is 24.8 Å². The molecule has 29 heavy (non-hydrogen) atoms. The van der Waals surface area contributed by atoms with Gasteiger partial charge >= 0.3 is 0 Å². The molecule has 1 unspecified atom stereocenters. The monoisotopic (exact) mass is 415 g/mol. The van der Waals surface area contributed by atoms with E-state index in [2.05, 4.69) is 9.71 Å². The van der Waals surface area contributed by atoms with Crippen LogP contribution in [-0.4, -0.2) is 32.2 Å². The van der Waals surface area contributed by atoms with Gasteiger partial charge in [0.15, 0.2) is 0 Å². The molecule has 1 N–H and O–H groups in total. The number of methoxy groups -OCH3 is 2. The van der Waals surface area contributed by atoms with E-state index in [0.717, 1.165) is 11.1 Å². The lowest BCUT2D eigenvalue weighted by Gasteiger charge is -2.21. The molecule has 3 rings (SSSR count). The number of ether oxygens (including phenoxy) is 2. The Bertz CT molecular complexity index is 1100. The lowest BCUT2D eigenvalue weighted by Crippen LogP contribution is -2.31. The maximum Gasteiger partial charge on any atom is 0.241 e. The van der Waals surface area contributed by atoms with Crippen LogP contribution in [0.2, 0.25) is 0 Å². The molecular weight excluding hydrogens is 390 g/mol. The average molecular weight is 416 g/mol. The Morgan fingerprint density at radius 3 is 2.17 bits per heavy atom. The number of hydrogen-bond donors (Lipinski definition) is 1. The van der Waals surface area contributed by atoms with Gasteiger partial charge in [0.05, 0.1) is 19.1 Å². The van der Waals surface area contributed by atoms with E-state index in [1.165, 1.54) is 0 Å². The molecule has 0 spiro atoms. The van der Waals surface area contributed by atoms with Crippen LogP contribution in [0.4, 0.5) is 0 Å². The van der Waals surface area contributed by atoms with Gasteiger partial charge in [-0.2, -0.15) is 4.72 Å². The molecule has 0 saturated heterocycles. The summed E-state index contributed by atoms with van der Waals surface area (Å²) in [5.74, 6) is 1.67. The highest BCUT2D eigenvalue weighted by atomic mass is 32.2. The fourth-order valence-corrected chi connectivity index (χ4v) is 4.29. The van der Waals surface area contributed by atoms with Crippen molar-refractivity contribution in [3.63, 3.8) is 0 Å². The average Bonchev–Trinajstić information content (AvgIpc) is 3.13. The minimum absolute atomic E-state index is 0.203. The number of imidazole rings is 1. The number of nitrogens with zero attached hydrogens (tertiary/aromatic N) is 2. The van der Waals surface area contributed by atoms with Crippen LogP contribution in [0.5, 0.6) is 11.5 Å². The third kappa shape index (κ3) is 4.44. The molecule has 8 heteroatoms. The van der Waals surface area contributed by atoms with E-state index in [4.69, 9.17) is 9.47 Å². The smallest absolute Gasteiger partial charge is 0.241 e. The highest BCUT2D eigenvalue weighted by Gasteiger charge is 2.27. The second-order valence-corrected chi connectivity index (χ2v) is 8.56. The molecular formula is C21H25N3O4S.